The van der Waals surface area contributed by atoms with Crippen LogP contribution in [0.4, 0.5) is 0 Å². The summed E-state index contributed by atoms with van der Waals surface area (Å²) in [6.45, 7) is 10.3. The molecule has 1 fully saturated rings. The van der Waals surface area contributed by atoms with Gasteiger partial charge in [-0.3, -0.25) is 14.4 Å². The molecular formula is C18H28N6O3. The van der Waals surface area contributed by atoms with Crippen molar-refractivity contribution >= 4 is 5.91 Å². The minimum atomic E-state index is -0.130. The number of amides is 1. The fraction of sp³-hybridized carbons (Fsp3) is 0.667. The predicted molar refractivity (Wildman–Crippen MR) is 97.7 cm³/mol. The van der Waals surface area contributed by atoms with E-state index >= 15 is 0 Å². The van der Waals surface area contributed by atoms with E-state index in [1.807, 2.05) is 38.9 Å². The molecule has 9 heteroatoms. The van der Waals surface area contributed by atoms with Gasteiger partial charge in [-0.25, -0.2) is 0 Å². The fourth-order valence-electron chi connectivity index (χ4n) is 3.38. The Morgan fingerprint density at radius 3 is 2.70 bits per heavy atom. The number of aryl methyl sites for hydroxylation is 3. The molecule has 0 aliphatic carbocycles. The van der Waals surface area contributed by atoms with E-state index in [2.05, 4.69) is 20.1 Å². The van der Waals surface area contributed by atoms with Gasteiger partial charge in [0.25, 0.3) is 0 Å². The molecule has 0 radical (unpaired) electrons. The van der Waals surface area contributed by atoms with Crippen LogP contribution in [0.25, 0.3) is 0 Å². The predicted octanol–water partition coefficient (Wildman–Crippen LogP) is 1.06. The van der Waals surface area contributed by atoms with Crippen LogP contribution in [-0.4, -0.2) is 67.4 Å². The lowest BCUT2D eigenvalue weighted by molar-refractivity contribution is -0.133. The molecule has 1 amide bonds. The van der Waals surface area contributed by atoms with E-state index in [0.717, 1.165) is 11.3 Å². The van der Waals surface area contributed by atoms with E-state index in [4.69, 9.17) is 9.26 Å². The molecule has 1 aliphatic rings. The number of aromatic nitrogens is 4. The average Bonchev–Trinajstić information content (AvgIpc) is 3.08. The zero-order valence-corrected chi connectivity index (χ0v) is 16.7. The minimum absolute atomic E-state index is 0.119. The lowest BCUT2D eigenvalue weighted by Gasteiger charge is -2.27. The molecule has 1 unspecified atom stereocenters. The lowest BCUT2D eigenvalue weighted by Crippen LogP contribution is -2.42. The maximum absolute atomic E-state index is 12.7. The Balaban J connectivity index is 1.72. The van der Waals surface area contributed by atoms with Gasteiger partial charge in [0.1, 0.15) is 6.61 Å². The third-order valence-corrected chi connectivity index (χ3v) is 4.69. The normalized spacial score (nSPS) is 19.1. The molecule has 27 heavy (non-hydrogen) atoms. The van der Waals surface area contributed by atoms with Crippen LogP contribution in [0.5, 0.6) is 0 Å². The third-order valence-electron chi connectivity index (χ3n) is 4.69. The zero-order valence-electron chi connectivity index (χ0n) is 16.7. The van der Waals surface area contributed by atoms with Crippen molar-refractivity contribution < 1.29 is 14.1 Å². The molecule has 148 valence electrons. The first-order valence-corrected chi connectivity index (χ1v) is 9.23. The Kier molecular flexibility index (Phi) is 5.91. The molecule has 1 aliphatic heterocycles. The first-order valence-electron chi connectivity index (χ1n) is 9.23. The van der Waals surface area contributed by atoms with Crippen LogP contribution in [0.1, 0.15) is 36.8 Å². The molecule has 3 rings (SSSR count). The van der Waals surface area contributed by atoms with Crippen molar-refractivity contribution in [3.63, 3.8) is 0 Å². The highest BCUT2D eigenvalue weighted by Gasteiger charge is 2.30. The van der Waals surface area contributed by atoms with Crippen molar-refractivity contribution in [3.8, 4) is 0 Å². The molecule has 3 heterocycles. The van der Waals surface area contributed by atoms with Crippen LogP contribution >= 0.6 is 0 Å². The van der Waals surface area contributed by atoms with Gasteiger partial charge < -0.3 is 14.2 Å². The van der Waals surface area contributed by atoms with Crippen LogP contribution in [0.2, 0.25) is 0 Å². The maximum atomic E-state index is 12.7. The summed E-state index contributed by atoms with van der Waals surface area (Å²) in [7, 11) is 1.91. The van der Waals surface area contributed by atoms with Crippen LogP contribution < -0.4 is 0 Å². The number of nitrogens with zero attached hydrogens (tertiary/aromatic N) is 6. The topological polar surface area (TPSA) is 89.5 Å². The molecule has 0 aromatic carbocycles. The van der Waals surface area contributed by atoms with Crippen molar-refractivity contribution in [1.29, 1.82) is 0 Å². The van der Waals surface area contributed by atoms with E-state index in [0.29, 0.717) is 37.9 Å². The van der Waals surface area contributed by atoms with E-state index in [1.54, 1.807) is 11.6 Å². The Morgan fingerprint density at radius 2 is 2.11 bits per heavy atom. The first-order chi connectivity index (χ1) is 12.8. The highest BCUT2D eigenvalue weighted by Crippen LogP contribution is 2.16. The number of hydrogen-bond donors (Lipinski definition) is 0. The highest BCUT2D eigenvalue weighted by molar-refractivity contribution is 5.79. The summed E-state index contributed by atoms with van der Waals surface area (Å²) in [4.78, 5) is 20.9. The quantitative estimate of drug-likeness (QED) is 0.744. The Morgan fingerprint density at radius 1 is 1.33 bits per heavy atom. The van der Waals surface area contributed by atoms with Crippen LogP contribution in [0, 0.1) is 13.8 Å². The van der Waals surface area contributed by atoms with Crippen molar-refractivity contribution in [2.24, 2.45) is 7.05 Å². The molecule has 2 aromatic heterocycles. The van der Waals surface area contributed by atoms with Crippen molar-refractivity contribution in [2.45, 2.75) is 53.0 Å². The number of carbonyl (C=O) groups is 1. The molecule has 0 bridgehead atoms. The summed E-state index contributed by atoms with van der Waals surface area (Å²) in [6.07, 6.45) is 1.87. The van der Waals surface area contributed by atoms with Crippen molar-refractivity contribution in [2.75, 3.05) is 19.6 Å². The molecule has 0 N–H and O–H groups in total. The van der Waals surface area contributed by atoms with Gasteiger partial charge in [0, 0.05) is 51.4 Å². The molecular weight excluding hydrogens is 348 g/mol. The summed E-state index contributed by atoms with van der Waals surface area (Å²) in [6, 6.07) is 0.121. The van der Waals surface area contributed by atoms with Gasteiger partial charge in [0.05, 0.1) is 18.3 Å². The van der Waals surface area contributed by atoms with Gasteiger partial charge in [-0.05, 0) is 20.8 Å². The second-order valence-electron chi connectivity index (χ2n) is 7.39. The van der Waals surface area contributed by atoms with E-state index in [1.165, 1.54) is 0 Å². The summed E-state index contributed by atoms with van der Waals surface area (Å²) >= 11 is 0. The van der Waals surface area contributed by atoms with Crippen LogP contribution in [0.3, 0.4) is 0 Å². The van der Waals surface area contributed by atoms with Crippen molar-refractivity contribution in [3.05, 3.63) is 29.2 Å². The molecule has 0 saturated carbocycles. The molecule has 9 nitrogen and oxygen atoms in total. The number of rotatable bonds is 6. The zero-order chi connectivity index (χ0) is 19.6. The van der Waals surface area contributed by atoms with E-state index in [9.17, 15) is 4.79 Å². The first kappa shape index (κ1) is 19.5. The van der Waals surface area contributed by atoms with Gasteiger partial charge in [-0.15, -0.1) is 0 Å². The van der Waals surface area contributed by atoms with Gasteiger partial charge in [0.15, 0.2) is 5.82 Å². The smallest absolute Gasteiger partial charge is 0.237 e. The molecule has 1 saturated heterocycles. The van der Waals surface area contributed by atoms with E-state index < -0.39 is 0 Å². The minimum Gasteiger partial charge on any atom is -0.367 e. The maximum Gasteiger partial charge on any atom is 0.237 e. The van der Waals surface area contributed by atoms with Crippen molar-refractivity contribution in [1.82, 2.24) is 29.7 Å². The Bertz CT molecular complexity index is 784. The Hall–Kier alpha value is -2.26. The summed E-state index contributed by atoms with van der Waals surface area (Å²) in [5, 5.41) is 8.27. The van der Waals surface area contributed by atoms with Gasteiger partial charge in [-0.2, -0.15) is 10.1 Å². The third kappa shape index (κ3) is 4.92. The summed E-state index contributed by atoms with van der Waals surface area (Å²) in [5.41, 5.74) is 2.10. The fourth-order valence-corrected chi connectivity index (χ4v) is 3.38. The number of ether oxygens (including phenoxy) is 1. The number of carbonyl (C=O) groups excluding carboxylic acids is 1. The monoisotopic (exact) mass is 376 g/mol. The van der Waals surface area contributed by atoms with Crippen LogP contribution in [0.15, 0.2) is 10.7 Å². The Labute approximate surface area is 159 Å². The summed E-state index contributed by atoms with van der Waals surface area (Å²) in [5.74, 6) is 1.16. The van der Waals surface area contributed by atoms with Gasteiger partial charge in [-0.1, -0.05) is 5.16 Å². The second-order valence-corrected chi connectivity index (χ2v) is 7.39. The standard InChI is InChI=1S/C18H28N6O3/c1-12(2)24-9-16(26-11-17-19-14(4)27-21-17)8-23(10-18(24)25)7-15-6-22(5)20-13(15)3/h6,12,16H,7-11H2,1-5H3. The highest BCUT2D eigenvalue weighted by atomic mass is 16.5. The van der Waals surface area contributed by atoms with Gasteiger partial charge in [0.2, 0.25) is 11.8 Å². The largest absolute Gasteiger partial charge is 0.367 e. The van der Waals surface area contributed by atoms with Crippen LogP contribution in [-0.2, 0) is 29.7 Å². The summed E-state index contributed by atoms with van der Waals surface area (Å²) < 4.78 is 12.9. The SMILES string of the molecule is Cc1nc(COC2CN(Cc3cn(C)nc3C)CC(=O)N(C(C)C)C2)no1. The van der Waals surface area contributed by atoms with E-state index in [-0.39, 0.29) is 24.7 Å². The molecule has 2 aromatic rings. The molecule has 0 spiro atoms. The van der Waals surface area contributed by atoms with Gasteiger partial charge >= 0.3 is 0 Å². The number of hydrogen-bond acceptors (Lipinski definition) is 7. The molecule has 1 atom stereocenters. The second kappa shape index (κ2) is 8.18. The average molecular weight is 376 g/mol. The lowest BCUT2D eigenvalue weighted by atomic mass is 10.2.